The number of rotatable bonds is 1. The Hall–Kier alpha value is -2.64. The Balaban J connectivity index is 1.57. The molecule has 5 nitrogen and oxygen atoms in total. The van der Waals surface area contributed by atoms with E-state index in [0.29, 0.717) is 11.1 Å². The number of hydrogen-bond acceptors (Lipinski definition) is 5. The lowest BCUT2D eigenvalue weighted by Gasteiger charge is -2.35. The van der Waals surface area contributed by atoms with E-state index in [-0.39, 0.29) is 17.4 Å². The van der Waals surface area contributed by atoms with Crippen molar-refractivity contribution in [3.8, 4) is 5.88 Å². The first-order valence-electron chi connectivity index (χ1n) is 10.8. The van der Waals surface area contributed by atoms with Crippen LogP contribution in [0.2, 0.25) is 0 Å². The topological polar surface area (TPSA) is 73.4 Å². The van der Waals surface area contributed by atoms with Gasteiger partial charge in [-0.15, -0.1) is 0 Å². The largest absolute Gasteiger partial charge is 0.463 e. The molecule has 0 saturated heterocycles. The summed E-state index contributed by atoms with van der Waals surface area (Å²) in [6.07, 6.45) is 3.88. The second kappa shape index (κ2) is 6.68. The highest BCUT2D eigenvalue weighted by molar-refractivity contribution is 6.09. The summed E-state index contributed by atoms with van der Waals surface area (Å²) in [4.78, 5) is 11.5. The van der Waals surface area contributed by atoms with Gasteiger partial charge in [0.25, 0.3) is 0 Å². The van der Waals surface area contributed by atoms with Crippen molar-refractivity contribution in [3.05, 3.63) is 40.7 Å². The van der Waals surface area contributed by atoms with E-state index >= 15 is 0 Å². The number of anilines is 1. The minimum Gasteiger partial charge on any atom is -0.463 e. The Bertz CT molecular complexity index is 1080. The molecule has 0 unspecified atom stereocenters. The van der Waals surface area contributed by atoms with Gasteiger partial charge in [-0.1, -0.05) is 31.4 Å². The maximum atomic E-state index is 13.1. The van der Waals surface area contributed by atoms with Gasteiger partial charge in [0, 0.05) is 5.56 Å². The van der Waals surface area contributed by atoms with Crippen LogP contribution < -0.4 is 10.5 Å². The molecule has 0 bridgehead atoms. The number of nitrogens with zero attached hydrogens (tertiary/aromatic N) is 3. The maximum absolute atomic E-state index is 13.1. The highest BCUT2D eigenvalue weighted by Crippen LogP contribution is 2.49. The van der Waals surface area contributed by atoms with Crippen LogP contribution in [0.1, 0.15) is 74.9 Å². The minimum absolute atomic E-state index is 0.0478. The Labute approximate surface area is 178 Å². The molecule has 0 radical (unpaired) electrons. The van der Waals surface area contributed by atoms with Crippen LogP contribution in [0, 0.1) is 0 Å². The van der Waals surface area contributed by atoms with Gasteiger partial charge in [0.15, 0.2) is 11.5 Å². The minimum atomic E-state index is -4.71. The van der Waals surface area contributed by atoms with Gasteiger partial charge in [-0.2, -0.15) is 18.2 Å². The maximum Gasteiger partial charge on any atom is 0.451 e. The standard InChI is InChI=1S/C23H25F3N4O/c1-21(2)17(28-16-18(27)29-20(23(24,25)26)30-19(16)31-21)14-6-7-15-13(12-14)8-11-22(15)9-4-3-5-10-22/h6-7,12H,3-5,8-11H2,1-2H3,(H2,27,29,30). The first-order chi connectivity index (χ1) is 14.6. The fraction of sp³-hybridized carbons (Fsp3) is 0.522. The number of aliphatic imine (C=N–C) groups is 1. The number of nitrogens with two attached hydrogens (primary N) is 1. The summed E-state index contributed by atoms with van der Waals surface area (Å²) in [5.74, 6) is -1.91. The molecule has 1 spiro atoms. The van der Waals surface area contributed by atoms with Crippen molar-refractivity contribution in [2.75, 3.05) is 5.73 Å². The Morgan fingerprint density at radius 1 is 1.03 bits per heavy atom. The molecule has 2 aromatic rings. The van der Waals surface area contributed by atoms with Crippen LogP contribution in [-0.2, 0) is 18.0 Å². The summed E-state index contributed by atoms with van der Waals surface area (Å²) in [5.41, 5.74) is 9.49. The SMILES string of the molecule is CC1(C)Oc2nc(C(F)(F)F)nc(N)c2N=C1c1ccc2c(c1)CCC21CCCCC1. The molecular weight excluding hydrogens is 405 g/mol. The lowest BCUT2D eigenvalue weighted by molar-refractivity contribution is -0.145. The Morgan fingerprint density at radius 2 is 1.77 bits per heavy atom. The van der Waals surface area contributed by atoms with Crippen LogP contribution in [-0.4, -0.2) is 21.3 Å². The number of benzene rings is 1. The molecule has 0 atom stereocenters. The van der Waals surface area contributed by atoms with Crippen molar-refractivity contribution in [1.82, 2.24) is 9.97 Å². The Kier molecular flexibility index (Phi) is 4.37. The van der Waals surface area contributed by atoms with Gasteiger partial charge in [-0.05, 0) is 62.1 Å². The lowest BCUT2D eigenvalue weighted by atomic mass is 9.70. The molecule has 3 aliphatic rings. The zero-order chi connectivity index (χ0) is 22.0. The molecule has 1 saturated carbocycles. The van der Waals surface area contributed by atoms with Crippen LogP contribution in [0.3, 0.4) is 0 Å². The molecule has 8 heteroatoms. The number of fused-ring (bicyclic) bond motifs is 3. The number of alkyl halides is 3. The molecular formula is C23H25F3N4O. The molecule has 164 valence electrons. The van der Waals surface area contributed by atoms with Crippen molar-refractivity contribution >= 4 is 17.2 Å². The van der Waals surface area contributed by atoms with Gasteiger partial charge < -0.3 is 10.5 Å². The van der Waals surface area contributed by atoms with Gasteiger partial charge in [0.1, 0.15) is 5.60 Å². The molecule has 1 aromatic heterocycles. The lowest BCUT2D eigenvalue weighted by Crippen LogP contribution is -2.41. The summed E-state index contributed by atoms with van der Waals surface area (Å²) < 4.78 is 45.1. The Morgan fingerprint density at radius 3 is 2.48 bits per heavy atom. The van der Waals surface area contributed by atoms with Crippen molar-refractivity contribution in [2.45, 2.75) is 76.0 Å². The molecule has 0 amide bonds. The monoisotopic (exact) mass is 430 g/mol. The summed E-state index contributed by atoms with van der Waals surface area (Å²) in [7, 11) is 0. The van der Waals surface area contributed by atoms with Crippen LogP contribution in [0.5, 0.6) is 5.88 Å². The van der Waals surface area contributed by atoms with E-state index in [4.69, 9.17) is 10.5 Å². The zero-order valence-corrected chi connectivity index (χ0v) is 17.6. The molecule has 1 aromatic carbocycles. The van der Waals surface area contributed by atoms with Gasteiger partial charge >= 0.3 is 6.18 Å². The van der Waals surface area contributed by atoms with Crippen molar-refractivity contribution in [3.63, 3.8) is 0 Å². The first kappa shape index (κ1) is 20.3. The van der Waals surface area contributed by atoms with Crippen molar-refractivity contribution < 1.29 is 17.9 Å². The fourth-order valence-electron chi connectivity index (χ4n) is 5.42. The van der Waals surface area contributed by atoms with E-state index in [1.165, 1.54) is 49.7 Å². The molecule has 2 N–H and O–H groups in total. The van der Waals surface area contributed by atoms with Crippen LogP contribution in [0.15, 0.2) is 23.2 Å². The smallest absolute Gasteiger partial charge is 0.451 e. The van der Waals surface area contributed by atoms with Gasteiger partial charge in [-0.25, -0.2) is 9.98 Å². The fourth-order valence-corrected chi connectivity index (χ4v) is 5.42. The third kappa shape index (κ3) is 3.27. The number of hydrogen-bond donors (Lipinski definition) is 1. The molecule has 2 heterocycles. The zero-order valence-electron chi connectivity index (χ0n) is 17.6. The number of aryl methyl sites for hydroxylation is 1. The molecule has 31 heavy (non-hydrogen) atoms. The number of nitrogen functional groups attached to an aromatic ring is 1. The van der Waals surface area contributed by atoms with Crippen molar-refractivity contribution in [1.29, 1.82) is 0 Å². The van der Waals surface area contributed by atoms with Gasteiger partial charge in [0.05, 0.1) is 5.71 Å². The van der Waals surface area contributed by atoms with E-state index in [1.807, 2.05) is 0 Å². The van der Waals surface area contributed by atoms with E-state index in [1.54, 1.807) is 13.8 Å². The van der Waals surface area contributed by atoms with Crippen LogP contribution in [0.25, 0.3) is 0 Å². The normalized spacial score (nSPS) is 21.3. The molecule has 1 aliphatic heterocycles. The summed E-state index contributed by atoms with van der Waals surface area (Å²) >= 11 is 0. The van der Waals surface area contributed by atoms with Crippen LogP contribution in [0.4, 0.5) is 24.7 Å². The predicted octanol–water partition coefficient (Wildman–Crippen LogP) is 5.52. The van der Waals surface area contributed by atoms with Gasteiger partial charge in [0.2, 0.25) is 11.7 Å². The summed E-state index contributed by atoms with van der Waals surface area (Å²) in [6, 6.07) is 6.43. The third-order valence-corrected chi connectivity index (χ3v) is 6.91. The third-order valence-electron chi connectivity index (χ3n) is 6.91. The average molecular weight is 430 g/mol. The van der Waals surface area contributed by atoms with E-state index in [0.717, 1.165) is 12.0 Å². The molecule has 2 aliphatic carbocycles. The number of aromatic nitrogens is 2. The summed E-state index contributed by atoms with van der Waals surface area (Å²) in [5, 5.41) is 0. The van der Waals surface area contributed by atoms with E-state index < -0.39 is 17.6 Å². The molecule has 5 rings (SSSR count). The second-order valence-corrected chi connectivity index (χ2v) is 9.37. The number of ether oxygens (including phenoxy) is 1. The number of halogens is 3. The van der Waals surface area contributed by atoms with Gasteiger partial charge in [-0.3, -0.25) is 0 Å². The highest BCUT2D eigenvalue weighted by atomic mass is 19.4. The first-order valence-corrected chi connectivity index (χ1v) is 10.8. The summed E-state index contributed by atoms with van der Waals surface area (Å²) in [6.45, 7) is 3.55. The average Bonchev–Trinajstić information content (AvgIpc) is 3.04. The second-order valence-electron chi connectivity index (χ2n) is 9.37. The molecule has 1 fully saturated rings. The quantitative estimate of drug-likeness (QED) is 0.647. The van der Waals surface area contributed by atoms with Crippen LogP contribution >= 0.6 is 0 Å². The predicted molar refractivity (Wildman–Crippen MR) is 112 cm³/mol. The van der Waals surface area contributed by atoms with E-state index in [2.05, 4.69) is 33.2 Å². The highest BCUT2D eigenvalue weighted by Gasteiger charge is 2.42. The van der Waals surface area contributed by atoms with Crippen molar-refractivity contribution in [2.24, 2.45) is 4.99 Å². The van der Waals surface area contributed by atoms with E-state index in [9.17, 15) is 13.2 Å².